The number of hydrogen-bond donors (Lipinski definition) is 0. The predicted molar refractivity (Wildman–Crippen MR) is 123 cm³/mol. The van der Waals surface area contributed by atoms with E-state index >= 15 is 0 Å². The third-order valence-corrected chi connectivity index (χ3v) is 7.11. The molecule has 0 saturated carbocycles. The molecule has 2 fully saturated rings. The van der Waals surface area contributed by atoms with Crippen LogP contribution < -0.4 is 0 Å². The summed E-state index contributed by atoms with van der Waals surface area (Å²) in [5.41, 5.74) is 1.47. The standard InChI is InChI=1S/C26H33N3O2/c1-3-21(2)27-18-15-26(16-19-27)24(30)28(20-23-12-8-5-9-13-23)25(31)29(26)17-14-22-10-6-4-7-11-22/h4-13,21H,3,14-20H2,1-2H3. The number of imide groups is 1. The van der Waals surface area contributed by atoms with E-state index in [1.54, 1.807) is 0 Å². The van der Waals surface area contributed by atoms with Crippen LogP contribution in [-0.4, -0.2) is 57.9 Å². The van der Waals surface area contributed by atoms with Crippen LogP contribution in [0.5, 0.6) is 0 Å². The van der Waals surface area contributed by atoms with Crippen molar-refractivity contribution in [2.24, 2.45) is 0 Å². The smallest absolute Gasteiger partial charge is 0.309 e. The number of benzene rings is 2. The van der Waals surface area contributed by atoms with Crippen molar-refractivity contribution in [1.82, 2.24) is 14.7 Å². The van der Waals surface area contributed by atoms with E-state index in [1.165, 1.54) is 10.5 Å². The SMILES string of the molecule is CCC(C)N1CCC2(CC1)C(=O)N(Cc1ccccc1)C(=O)N2CCc1ccccc1. The van der Waals surface area contributed by atoms with Gasteiger partial charge in [-0.15, -0.1) is 0 Å². The Morgan fingerprint density at radius 3 is 2.06 bits per heavy atom. The van der Waals surface area contributed by atoms with Crippen molar-refractivity contribution in [2.45, 2.75) is 57.7 Å². The molecular formula is C26H33N3O2. The van der Waals surface area contributed by atoms with Gasteiger partial charge in [0.05, 0.1) is 6.54 Å². The highest BCUT2D eigenvalue weighted by Gasteiger charge is 2.57. The highest BCUT2D eigenvalue weighted by atomic mass is 16.2. The third kappa shape index (κ3) is 4.24. The molecule has 2 saturated heterocycles. The molecule has 4 rings (SSSR count). The zero-order valence-electron chi connectivity index (χ0n) is 18.7. The summed E-state index contributed by atoms with van der Waals surface area (Å²) in [5.74, 6) is -0.0155. The molecule has 0 radical (unpaired) electrons. The fraction of sp³-hybridized carbons (Fsp3) is 0.462. The average molecular weight is 420 g/mol. The van der Waals surface area contributed by atoms with Crippen LogP contribution in [0, 0.1) is 0 Å². The Labute approximate surface area is 185 Å². The van der Waals surface area contributed by atoms with Crippen LogP contribution in [0.1, 0.15) is 44.2 Å². The molecule has 31 heavy (non-hydrogen) atoms. The van der Waals surface area contributed by atoms with Gasteiger partial charge in [0, 0.05) is 25.7 Å². The summed E-state index contributed by atoms with van der Waals surface area (Å²) >= 11 is 0. The van der Waals surface area contributed by atoms with E-state index in [1.807, 2.05) is 53.4 Å². The van der Waals surface area contributed by atoms with Crippen LogP contribution in [0.25, 0.3) is 0 Å². The van der Waals surface area contributed by atoms with E-state index < -0.39 is 5.54 Å². The number of amides is 3. The molecule has 2 heterocycles. The largest absolute Gasteiger partial charge is 0.328 e. The van der Waals surface area contributed by atoms with Gasteiger partial charge in [0.2, 0.25) is 0 Å². The molecule has 2 aliphatic rings. The van der Waals surface area contributed by atoms with E-state index in [4.69, 9.17) is 0 Å². The average Bonchev–Trinajstić information content (AvgIpc) is 3.00. The molecule has 5 heteroatoms. The van der Waals surface area contributed by atoms with Crippen molar-refractivity contribution in [1.29, 1.82) is 0 Å². The number of nitrogens with zero attached hydrogens (tertiary/aromatic N) is 3. The van der Waals surface area contributed by atoms with Crippen LogP contribution in [0.4, 0.5) is 4.79 Å². The molecule has 1 unspecified atom stereocenters. The fourth-order valence-electron chi connectivity index (χ4n) is 4.96. The fourth-order valence-corrected chi connectivity index (χ4v) is 4.96. The predicted octanol–water partition coefficient (Wildman–Crippen LogP) is 4.33. The second kappa shape index (κ2) is 9.23. The number of rotatable bonds is 7. The minimum atomic E-state index is -0.704. The van der Waals surface area contributed by atoms with E-state index in [0.717, 1.165) is 31.5 Å². The Morgan fingerprint density at radius 2 is 1.48 bits per heavy atom. The van der Waals surface area contributed by atoms with Crippen molar-refractivity contribution in [3.8, 4) is 0 Å². The minimum Gasteiger partial charge on any atom is -0.309 e. The first-order valence-corrected chi connectivity index (χ1v) is 11.5. The maximum Gasteiger partial charge on any atom is 0.328 e. The normalized spacial score (nSPS) is 19.9. The van der Waals surface area contributed by atoms with Crippen LogP contribution >= 0.6 is 0 Å². The highest BCUT2D eigenvalue weighted by molar-refractivity contribution is 6.07. The molecule has 164 valence electrons. The van der Waals surface area contributed by atoms with Gasteiger partial charge in [0.15, 0.2) is 0 Å². The lowest BCUT2D eigenvalue weighted by atomic mass is 9.85. The Hall–Kier alpha value is -2.66. The molecule has 5 nitrogen and oxygen atoms in total. The maximum absolute atomic E-state index is 13.7. The van der Waals surface area contributed by atoms with Crippen LogP contribution in [-0.2, 0) is 17.8 Å². The molecule has 2 aliphatic heterocycles. The Balaban J connectivity index is 1.57. The second-order valence-corrected chi connectivity index (χ2v) is 8.87. The number of piperidine rings is 1. The lowest BCUT2D eigenvalue weighted by Gasteiger charge is -2.44. The van der Waals surface area contributed by atoms with E-state index in [-0.39, 0.29) is 11.9 Å². The number of urea groups is 1. The first kappa shape index (κ1) is 21.6. The van der Waals surface area contributed by atoms with Gasteiger partial charge in [-0.05, 0) is 43.7 Å². The summed E-state index contributed by atoms with van der Waals surface area (Å²) in [6.07, 6.45) is 3.28. The molecule has 1 spiro atoms. The topological polar surface area (TPSA) is 43.9 Å². The Kier molecular flexibility index (Phi) is 6.42. The third-order valence-electron chi connectivity index (χ3n) is 7.11. The first-order valence-electron chi connectivity index (χ1n) is 11.5. The van der Waals surface area contributed by atoms with Crippen molar-refractivity contribution in [3.05, 3.63) is 71.8 Å². The van der Waals surface area contributed by atoms with E-state index in [2.05, 4.69) is 30.9 Å². The lowest BCUT2D eigenvalue weighted by Crippen LogP contribution is -2.58. The monoisotopic (exact) mass is 419 g/mol. The van der Waals surface area contributed by atoms with Gasteiger partial charge in [-0.2, -0.15) is 0 Å². The Bertz CT molecular complexity index is 891. The summed E-state index contributed by atoms with van der Waals surface area (Å²) in [4.78, 5) is 33.0. The first-order chi connectivity index (χ1) is 15.0. The van der Waals surface area contributed by atoms with Crippen molar-refractivity contribution in [3.63, 3.8) is 0 Å². The molecule has 0 bridgehead atoms. The van der Waals surface area contributed by atoms with Gasteiger partial charge in [-0.25, -0.2) is 4.79 Å². The van der Waals surface area contributed by atoms with Gasteiger partial charge in [0.1, 0.15) is 5.54 Å². The summed E-state index contributed by atoms with van der Waals surface area (Å²) in [7, 11) is 0. The van der Waals surface area contributed by atoms with Gasteiger partial charge >= 0.3 is 6.03 Å². The van der Waals surface area contributed by atoms with Gasteiger partial charge in [0.25, 0.3) is 5.91 Å². The highest BCUT2D eigenvalue weighted by Crippen LogP contribution is 2.38. The summed E-state index contributed by atoms with van der Waals surface area (Å²) < 4.78 is 0. The number of carbonyl (C=O) groups excluding carboxylic acids is 2. The summed E-state index contributed by atoms with van der Waals surface area (Å²) in [6.45, 7) is 7.08. The molecule has 2 aromatic rings. The van der Waals surface area contributed by atoms with Crippen molar-refractivity contribution < 1.29 is 9.59 Å². The van der Waals surface area contributed by atoms with Crippen LogP contribution in [0.2, 0.25) is 0 Å². The van der Waals surface area contributed by atoms with Crippen molar-refractivity contribution >= 4 is 11.9 Å². The zero-order valence-corrected chi connectivity index (χ0v) is 18.7. The molecule has 0 aliphatic carbocycles. The maximum atomic E-state index is 13.7. The van der Waals surface area contributed by atoms with Crippen molar-refractivity contribution in [2.75, 3.05) is 19.6 Å². The van der Waals surface area contributed by atoms with Gasteiger partial charge in [-0.3, -0.25) is 9.69 Å². The minimum absolute atomic E-state index is 0.0155. The zero-order chi connectivity index (χ0) is 21.8. The van der Waals surface area contributed by atoms with Crippen LogP contribution in [0.3, 0.4) is 0 Å². The van der Waals surface area contributed by atoms with Crippen LogP contribution in [0.15, 0.2) is 60.7 Å². The lowest BCUT2D eigenvalue weighted by molar-refractivity contribution is -0.136. The van der Waals surface area contributed by atoms with E-state index in [9.17, 15) is 9.59 Å². The number of likely N-dealkylation sites (tertiary alicyclic amines) is 1. The number of carbonyl (C=O) groups is 2. The molecule has 2 aromatic carbocycles. The molecule has 1 atom stereocenters. The summed E-state index contributed by atoms with van der Waals surface area (Å²) in [5, 5.41) is 0. The molecular weight excluding hydrogens is 386 g/mol. The molecule has 3 amide bonds. The molecule has 0 aromatic heterocycles. The van der Waals surface area contributed by atoms with Gasteiger partial charge in [-0.1, -0.05) is 67.6 Å². The Morgan fingerprint density at radius 1 is 0.903 bits per heavy atom. The second-order valence-electron chi connectivity index (χ2n) is 8.87. The molecule has 0 N–H and O–H groups in total. The summed E-state index contributed by atoms with van der Waals surface area (Å²) in [6, 6.07) is 20.4. The number of hydrogen-bond acceptors (Lipinski definition) is 3. The van der Waals surface area contributed by atoms with Gasteiger partial charge < -0.3 is 9.80 Å². The quantitative estimate of drug-likeness (QED) is 0.628. The van der Waals surface area contributed by atoms with E-state index in [0.29, 0.717) is 32.0 Å².